The number of nitrogens with zero attached hydrogens (tertiary/aromatic N) is 5. The van der Waals surface area contributed by atoms with Crippen molar-refractivity contribution in [1.29, 1.82) is 0 Å². The second kappa shape index (κ2) is 11.3. The smallest absolute Gasteiger partial charge is 0.165 e. The van der Waals surface area contributed by atoms with Gasteiger partial charge in [0.15, 0.2) is 5.82 Å². The normalized spacial score (nSPS) is 12.4. The summed E-state index contributed by atoms with van der Waals surface area (Å²) in [6, 6.07) is 68.0. The molecule has 0 fully saturated rings. The number of para-hydroxylation sites is 4. The molecule has 0 aliphatic rings. The lowest BCUT2D eigenvalue weighted by Gasteiger charge is -2.15. The van der Waals surface area contributed by atoms with Crippen LogP contribution in [0, 0.1) is 0 Å². The van der Waals surface area contributed by atoms with Gasteiger partial charge in [-0.1, -0.05) is 133 Å². The van der Waals surface area contributed by atoms with E-state index in [4.69, 9.17) is 9.97 Å². The topological polar surface area (TPSA) is 40.0 Å². The van der Waals surface area contributed by atoms with E-state index in [1.54, 1.807) is 0 Å². The number of aromatic nitrogens is 5. The Morgan fingerprint density at radius 2 is 0.966 bits per heavy atom. The molecule has 5 nitrogen and oxygen atoms in total. The molecule has 5 aromatic heterocycles. The van der Waals surface area contributed by atoms with Gasteiger partial charge in [-0.2, -0.15) is 0 Å². The van der Waals surface area contributed by atoms with E-state index < -0.39 is 0 Å². The van der Waals surface area contributed by atoms with Crippen LogP contribution in [0.5, 0.6) is 0 Å². The van der Waals surface area contributed by atoms with Crippen molar-refractivity contribution in [2.24, 2.45) is 0 Å². The molecule has 272 valence electrons. The summed E-state index contributed by atoms with van der Waals surface area (Å²) in [5.41, 5.74) is 12.8. The predicted octanol–water partition coefficient (Wildman–Crippen LogP) is 13.8. The van der Waals surface area contributed by atoms with Crippen LogP contribution in [0.25, 0.3) is 126 Å². The zero-order chi connectivity index (χ0) is 38.3. The number of rotatable bonds is 3. The molecule has 0 atom stereocenters. The summed E-state index contributed by atoms with van der Waals surface area (Å²) in [5.74, 6) is 0.806. The molecule has 0 aliphatic carbocycles. The van der Waals surface area contributed by atoms with Crippen LogP contribution in [0.4, 0.5) is 0 Å². The van der Waals surface area contributed by atoms with Gasteiger partial charge in [0.2, 0.25) is 0 Å². The lowest BCUT2D eigenvalue weighted by atomic mass is 10.0. The highest BCUT2D eigenvalue weighted by Gasteiger charge is 2.25. The minimum atomic E-state index is 0.806. The molecule has 9 aromatic carbocycles. The maximum atomic E-state index is 5.69. The Balaban J connectivity index is 1.16. The second-order valence-electron chi connectivity index (χ2n) is 15.7. The fourth-order valence-electron chi connectivity index (χ4n) is 10.3. The predicted molar refractivity (Wildman–Crippen MR) is 246 cm³/mol. The fourth-order valence-corrected chi connectivity index (χ4v) is 10.3. The molecule has 0 radical (unpaired) electrons. The number of fused-ring (bicyclic) bond motifs is 11. The van der Waals surface area contributed by atoms with Gasteiger partial charge in [0.25, 0.3) is 0 Å². The first kappa shape index (κ1) is 31.1. The Morgan fingerprint density at radius 1 is 0.356 bits per heavy atom. The molecule has 0 saturated heterocycles. The number of benzene rings is 9. The molecule has 0 aliphatic heterocycles. The molecule has 14 rings (SSSR count). The summed E-state index contributed by atoms with van der Waals surface area (Å²) in [5, 5.41) is 12.1. The van der Waals surface area contributed by atoms with E-state index in [-0.39, 0.29) is 0 Å². The zero-order valence-electron chi connectivity index (χ0n) is 31.6. The van der Waals surface area contributed by atoms with E-state index >= 15 is 0 Å². The van der Waals surface area contributed by atoms with Gasteiger partial charge in [0.1, 0.15) is 5.69 Å². The van der Waals surface area contributed by atoms with Gasteiger partial charge in [-0.05, 0) is 65.4 Å². The average molecular weight is 750 g/mol. The van der Waals surface area contributed by atoms with Crippen LogP contribution in [-0.2, 0) is 0 Å². The summed E-state index contributed by atoms with van der Waals surface area (Å²) in [6.07, 6.45) is 0. The van der Waals surface area contributed by atoms with Crippen LogP contribution in [0.2, 0.25) is 0 Å². The summed E-state index contributed by atoms with van der Waals surface area (Å²) >= 11 is 0. The Labute approximate surface area is 336 Å². The summed E-state index contributed by atoms with van der Waals surface area (Å²) in [4.78, 5) is 11.3. The molecule has 0 saturated carbocycles. The Hall–Kier alpha value is -8.02. The van der Waals surface area contributed by atoms with Gasteiger partial charge in [-0.25, -0.2) is 9.97 Å². The fraction of sp³-hybridized carbons (Fsp3) is 0. The van der Waals surface area contributed by atoms with Crippen molar-refractivity contribution in [2.75, 3.05) is 0 Å². The lowest BCUT2D eigenvalue weighted by Crippen LogP contribution is -2.04. The third-order valence-corrected chi connectivity index (χ3v) is 12.7. The molecule has 59 heavy (non-hydrogen) atoms. The molecule has 0 N–H and O–H groups in total. The van der Waals surface area contributed by atoms with Gasteiger partial charge in [-0.3, -0.25) is 4.57 Å². The van der Waals surface area contributed by atoms with Gasteiger partial charge in [0, 0.05) is 54.3 Å². The minimum Gasteiger partial charge on any atom is -0.309 e. The molecule has 0 spiro atoms. The van der Waals surface area contributed by atoms with E-state index in [9.17, 15) is 0 Å². The van der Waals surface area contributed by atoms with Gasteiger partial charge in [-0.15, -0.1) is 0 Å². The number of hydrogen-bond donors (Lipinski definition) is 0. The molecule has 0 unspecified atom stereocenters. The zero-order valence-corrected chi connectivity index (χ0v) is 31.6. The maximum absolute atomic E-state index is 5.69. The average Bonchev–Trinajstić information content (AvgIpc) is 3.91. The highest BCUT2D eigenvalue weighted by Crippen LogP contribution is 2.45. The van der Waals surface area contributed by atoms with Crippen molar-refractivity contribution < 1.29 is 0 Å². The quantitative estimate of drug-likeness (QED) is 0.169. The van der Waals surface area contributed by atoms with Gasteiger partial charge < -0.3 is 8.97 Å². The first-order valence-corrected chi connectivity index (χ1v) is 20.2. The van der Waals surface area contributed by atoms with E-state index in [1.165, 1.54) is 65.2 Å². The Morgan fingerprint density at radius 3 is 1.83 bits per heavy atom. The number of hydrogen-bond acceptors (Lipinski definition) is 2. The highest BCUT2D eigenvalue weighted by atomic mass is 15.1. The Kier molecular flexibility index (Phi) is 5.96. The largest absolute Gasteiger partial charge is 0.309 e. The molecule has 0 amide bonds. The molecular weight excluding hydrogens is 719 g/mol. The molecule has 5 heterocycles. The SMILES string of the molecule is c1ccc(-n2c3ccccc3c3ccc(-c4nc5c(ccc6ccccc65)nc4-n4c5cccc6c7cccc8c9ccccc9n(c9cccc4c9c65)c78)cc32)cc1. The standard InChI is InChI=1S/C54H31N5/c1-2-14-34(15-3-1)57-43-22-8-6-17-36(43)38-29-27-33(31-48(38)57)51-54(55-42-30-28-32-13-4-5-16-35(32)52(42)56-51)59-45-24-11-19-39-41-21-10-20-40-37-18-7-9-23-44(37)58(53(40)41)46-25-12-26-47(59)50(46)49(39)45/h1-31H. The molecule has 0 bridgehead atoms. The third-order valence-electron chi connectivity index (χ3n) is 12.7. The Bertz CT molecular complexity index is 4070. The van der Waals surface area contributed by atoms with E-state index in [2.05, 4.69) is 202 Å². The van der Waals surface area contributed by atoms with Crippen LogP contribution in [-0.4, -0.2) is 23.5 Å². The van der Waals surface area contributed by atoms with E-state index in [1.807, 2.05) is 0 Å². The van der Waals surface area contributed by atoms with Crippen LogP contribution in [0.3, 0.4) is 0 Å². The van der Waals surface area contributed by atoms with E-state index in [0.29, 0.717) is 0 Å². The van der Waals surface area contributed by atoms with Crippen molar-refractivity contribution in [3.05, 3.63) is 188 Å². The molecule has 14 aromatic rings. The van der Waals surface area contributed by atoms with Gasteiger partial charge in [0.05, 0.1) is 49.7 Å². The lowest BCUT2D eigenvalue weighted by molar-refractivity contribution is 1.08. The monoisotopic (exact) mass is 749 g/mol. The summed E-state index contributed by atoms with van der Waals surface area (Å²) < 4.78 is 7.24. The molecule has 5 heteroatoms. The summed E-state index contributed by atoms with van der Waals surface area (Å²) in [7, 11) is 0. The van der Waals surface area contributed by atoms with Crippen molar-refractivity contribution in [2.45, 2.75) is 0 Å². The van der Waals surface area contributed by atoms with Crippen LogP contribution in [0.15, 0.2) is 188 Å². The van der Waals surface area contributed by atoms with Crippen molar-refractivity contribution in [3.8, 4) is 22.8 Å². The van der Waals surface area contributed by atoms with Crippen molar-refractivity contribution >= 4 is 104 Å². The highest BCUT2D eigenvalue weighted by molar-refractivity contribution is 6.31. The first-order valence-electron chi connectivity index (χ1n) is 20.2. The van der Waals surface area contributed by atoms with Crippen molar-refractivity contribution in [3.63, 3.8) is 0 Å². The van der Waals surface area contributed by atoms with Crippen molar-refractivity contribution in [1.82, 2.24) is 23.5 Å². The first-order chi connectivity index (χ1) is 29.3. The van der Waals surface area contributed by atoms with E-state index in [0.717, 1.165) is 61.1 Å². The van der Waals surface area contributed by atoms with Crippen LogP contribution in [0.1, 0.15) is 0 Å². The van der Waals surface area contributed by atoms with Gasteiger partial charge >= 0.3 is 0 Å². The van der Waals surface area contributed by atoms with Crippen LogP contribution >= 0.6 is 0 Å². The third kappa shape index (κ3) is 4.03. The van der Waals surface area contributed by atoms with Crippen LogP contribution < -0.4 is 0 Å². The second-order valence-corrected chi connectivity index (χ2v) is 15.7. The summed E-state index contributed by atoms with van der Waals surface area (Å²) in [6.45, 7) is 0. The maximum Gasteiger partial charge on any atom is 0.165 e. The minimum absolute atomic E-state index is 0.806. The molecular formula is C54H31N5.